The maximum absolute atomic E-state index is 12.1. The molecule has 0 fully saturated rings. The van der Waals surface area contributed by atoms with Crippen molar-refractivity contribution in [3.05, 3.63) is 29.3 Å². The molecule has 4 nitrogen and oxygen atoms in total. The van der Waals surface area contributed by atoms with Crippen LogP contribution < -0.4 is 10.6 Å². The zero-order chi connectivity index (χ0) is 13.7. The van der Waals surface area contributed by atoms with Crippen molar-refractivity contribution in [2.75, 3.05) is 5.32 Å². The molecule has 0 spiro atoms. The molecule has 0 aliphatic heterocycles. The first-order valence-electron chi connectivity index (χ1n) is 5.74. The van der Waals surface area contributed by atoms with Crippen LogP contribution in [0.1, 0.15) is 20.8 Å². The number of carbonyl (C=O) groups is 2. The number of benzene rings is 1. The number of carbonyl (C=O) groups excluding carboxylic acids is 2. The van der Waals surface area contributed by atoms with E-state index in [-0.39, 0.29) is 17.7 Å². The molecule has 5 heteroatoms. The average Bonchev–Trinajstić information content (AvgIpc) is 2.28. The number of halogens is 1. The van der Waals surface area contributed by atoms with Crippen molar-refractivity contribution in [2.45, 2.75) is 26.8 Å². The van der Waals surface area contributed by atoms with Gasteiger partial charge in [0, 0.05) is 6.92 Å². The minimum atomic E-state index is -0.571. The molecule has 0 bridgehead atoms. The van der Waals surface area contributed by atoms with Crippen LogP contribution >= 0.6 is 11.6 Å². The van der Waals surface area contributed by atoms with Crippen LogP contribution in [0.2, 0.25) is 5.02 Å². The van der Waals surface area contributed by atoms with E-state index in [2.05, 4.69) is 10.6 Å². The maximum atomic E-state index is 12.1. The van der Waals surface area contributed by atoms with Crippen LogP contribution in [-0.4, -0.2) is 17.9 Å². The Morgan fingerprint density at radius 1 is 1.22 bits per heavy atom. The second kappa shape index (κ2) is 6.40. The standard InChI is InChI=1S/C13H17ClN2O2/c1-8(2)12(15-9(3)17)13(18)16-11-7-5-4-6-10(11)14/h4-8,12H,1-3H3,(H,15,17)(H,16,18). The largest absolute Gasteiger partial charge is 0.344 e. The quantitative estimate of drug-likeness (QED) is 0.881. The molecule has 0 aliphatic carbocycles. The Bertz CT molecular complexity index is 446. The van der Waals surface area contributed by atoms with E-state index in [0.29, 0.717) is 10.7 Å². The number of anilines is 1. The highest BCUT2D eigenvalue weighted by Crippen LogP contribution is 2.21. The van der Waals surface area contributed by atoms with Gasteiger partial charge in [0.2, 0.25) is 11.8 Å². The zero-order valence-electron chi connectivity index (χ0n) is 10.7. The number of para-hydroxylation sites is 1. The molecule has 0 aliphatic rings. The monoisotopic (exact) mass is 268 g/mol. The van der Waals surface area contributed by atoms with E-state index in [9.17, 15) is 9.59 Å². The fourth-order valence-electron chi connectivity index (χ4n) is 1.53. The summed E-state index contributed by atoms with van der Waals surface area (Å²) in [5.41, 5.74) is 0.542. The maximum Gasteiger partial charge on any atom is 0.247 e. The summed E-state index contributed by atoms with van der Waals surface area (Å²) >= 11 is 5.96. The molecule has 2 N–H and O–H groups in total. The molecular weight excluding hydrogens is 252 g/mol. The summed E-state index contributed by atoms with van der Waals surface area (Å²) in [4.78, 5) is 23.1. The van der Waals surface area contributed by atoms with E-state index >= 15 is 0 Å². The lowest BCUT2D eigenvalue weighted by atomic mass is 10.0. The van der Waals surface area contributed by atoms with Crippen molar-refractivity contribution in [1.29, 1.82) is 0 Å². The Hall–Kier alpha value is -1.55. The topological polar surface area (TPSA) is 58.2 Å². The van der Waals surface area contributed by atoms with Gasteiger partial charge in [-0.2, -0.15) is 0 Å². The molecule has 1 rings (SSSR count). The Labute approximate surface area is 112 Å². The molecule has 2 amide bonds. The molecular formula is C13H17ClN2O2. The molecule has 0 radical (unpaired) electrons. The summed E-state index contributed by atoms with van der Waals surface area (Å²) in [7, 11) is 0. The SMILES string of the molecule is CC(=O)NC(C(=O)Nc1ccccc1Cl)C(C)C. The molecule has 18 heavy (non-hydrogen) atoms. The lowest BCUT2D eigenvalue weighted by Gasteiger charge is -2.21. The highest BCUT2D eigenvalue weighted by molar-refractivity contribution is 6.33. The summed E-state index contributed by atoms with van der Waals surface area (Å²) in [5.74, 6) is -0.507. The van der Waals surface area contributed by atoms with Crippen molar-refractivity contribution in [2.24, 2.45) is 5.92 Å². The summed E-state index contributed by atoms with van der Waals surface area (Å²) in [6, 6.07) is 6.40. The van der Waals surface area contributed by atoms with Gasteiger partial charge in [-0.3, -0.25) is 9.59 Å². The lowest BCUT2D eigenvalue weighted by Crippen LogP contribution is -2.46. The van der Waals surface area contributed by atoms with Gasteiger partial charge >= 0.3 is 0 Å². The molecule has 1 unspecified atom stereocenters. The summed E-state index contributed by atoms with van der Waals surface area (Å²) < 4.78 is 0. The van der Waals surface area contributed by atoms with Crippen molar-refractivity contribution in [3.63, 3.8) is 0 Å². The number of hydrogen-bond acceptors (Lipinski definition) is 2. The zero-order valence-corrected chi connectivity index (χ0v) is 11.4. The fraction of sp³-hybridized carbons (Fsp3) is 0.385. The van der Waals surface area contributed by atoms with Gasteiger partial charge < -0.3 is 10.6 Å². The van der Waals surface area contributed by atoms with Gasteiger partial charge in [-0.1, -0.05) is 37.6 Å². The van der Waals surface area contributed by atoms with Gasteiger partial charge in [-0.05, 0) is 18.1 Å². The molecule has 0 aromatic heterocycles. The van der Waals surface area contributed by atoms with E-state index in [1.807, 2.05) is 13.8 Å². The number of hydrogen-bond donors (Lipinski definition) is 2. The van der Waals surface area contributed by atoms with Crippen molar-refractivity contribution in [1.82, 2.24) is 5.32 Å². The lowest BCUT2D eigenvalue weighted by molar-refractivity contribution is -0.126. The van der Waals surface area contributed by atoms with Crippen LogP contribution in [0.25, 0.3) is 0 Å². The molecule has 1 aromatic carbocycles. The van der Waals surface area contributed by atoms with Gasteiger partial charge in [0.15, 0.2) is 0 Å². The van der Waals surface area contributed by atoms with Crippen LogP contribution in [0.4, 0.5) is 5.69 Å². The average molecular weight is 269 g/mol. The molecule has 1 aromatic rings. The van der Waals surface area contributed by atoms with Gasteiger partial charge in [-0.25, -0.2) is 0 Å². The smallest absolute Gasteiger partial charge is 0.247 e. The summed E-state index contributed by atoms with van der Waals surface area (Å²) in [6.45, 7) is 5.12. The van der Waals surface area contributed by atoms with Crippen LogP contribution in [0.15, 0.2) is 24.3 Å². The van der Waals surface area contributed by atoms with Gasteiger partial charge in [0.1, 0.15) is 6.04 Å². The van der Waals surface area contributed by atoms with Crippen LogP contribution in [0.3, 0.4) is 0 Å². The molecule has 1 atom stereocenters. The highest BCUT2D eigenvalue weighted by atomic mass is 35.5. The molecule has 98 valence electrons. The van der Waals surface area contributed by atoms with Crippen LogP contribution in [0.5, 0.6) is 0 Å². The number of amides is 2. The molecule has 0 heterocycles. The summed E-state index contributed by atoms with van der Waals surface area (Å²) in [5, 5.41) is 5.80. The Kier molecular flexibility index (Phi) is 5.16. The van der Waals surface area contributed by atoms with E-state index in [1.54, 1.807) is 24.3 Å². The van der Waals surface area contributed by atoms with Crippen LogP contribution in [-0.2, 0) is 9.59 Å². The Morgan fingerprint density at radius 2 is 1.83 bits per heavy atom. The fourth-order valence-corrected chi connectivity index (χ4v) is 1.71. The van der Waals surface area contributed by atoms with Crippen molar-refractivity contribution >= 4 is 29.1 Å². The van der Waals surface area contributed by atoms with E-state index < -0.39 is 6.04 Å². The van der Waals surface area contributed by atoms with Gasteiger partial charge in [0.05, 0.1) is 10.7 Å². The van der Waals surface area contributed by atoms with Crippen LogP contribution in [0, 0.1) is 5.92 Å². The first-order chi connectivity index (χ1) is 8.41. The third kappa shape index (κ3) is 4.04. The van der Waals surface area contributed by atoms with Crippen molar-refractivity contribution in [3.8, 4) is 0 Å². The van der Waals surface area contributed by atoms with Gasteiger partial charge in [-0.15, -0.1) is 0 Å². The van der Waals surface area contributed by atoms with Gasteiger partial charge in [0.25, 0.3) is 0 Å². The molecule has 0 saturated heterocycles. The third-order valence-electron chi connectivity index (χ3n) is 2.44. The minimum absolute atomic E-state index is 0.00334. The first-order valence-corrected chi connectivity index (χ1v) is 6.12. The number of nitrogens with one attached hydrogen (secondary N) is 2. The van der Waals surface area contributed by atoms with Crippen molar-refractivity contribution < 1.29 is 9.59 Å². The minimum Gasteiger partial charge on any atom is -0.344 e. The molecule has 0 saturated carbocycles. The normalized spacial score (nSPS) is 12.1. The predicted octanol–water partition coefficient (Wildman–Crippen LogP) is 2.44. The second-order valence-electron chi connectivity index (χ2n) is 4.39. The van der Waals surface area contributed by atoms with E-state index in [1.165, 1.54) is 6.92 Å². The predicted molar refractivity (Wildman–Crippen MR) is 72.5 cm³/mol. The number of rotatable bonds is 4. The van der Waals surface area contributed by atoms with E-state index in [4.69, 9.17) is 11.6 Å². The Balaban J connectivity index is 2.79. The second-order valence-corrected chi connectivity index (χ2v) is 4.80. The Morgan fingerprint density at radius 3 is 2.33 bits per heavy atom. The summed E-state index contributed by atoms with van der Waals surface area (Å²) in [6.07, 6.45) is 0. The first kappa shape index (κ1) is 14.5. The highest BCUT2D eigenvalue weighted by Gasteiger charge is 2.23. The third-order valence-corrected chi connectivity index (χ3v) is 2.77. The van der Waals surface area contributed by atoms with E-state index in [0.717, 1.165) is 0 Å².